The molecule has 0 unspecified atom stereocenters. The SMILES string of the molecule is C[C@H]1C[C@@](C)(C(=O)O)C/C1=N/N. The van der Waals surface area contributed by atoms with Gasteiger partial charge in [-0.15, -0.1) is 0 Å². The third kappa shape index (κ3) is 1.29. The molecule has 0 amide bonds. The molecule has 1 fully saturated rings. The number of hydrazone groups is 1. The zero-order chi connectivity index (χ0) is 9.35. The molecule has 0 aromatic carbocycles. The quantitative estimate of drug-likeness (QED) is 0.452. The van der Waals surface area contributed by atoms with Crippen LogP contribution in [0.5, 0.6) is 0 Å². The summed E-state index contributed by atoms with van der Waals surface area (Å²) >= 11 is 0. The van der Waals surface area contributed by atoms with Crippen LogP contribution in [0.25, 0.3) is 0 Å². The summed E-state index contributed by atoms with van der Waals surface area (Å²) in [5.41, 5.74) is 0.164. The van der Waals surface area contributed by atoms with E-state index in [4.69, 9.17) is 10.9 Å². The van der Waals surface area contributed by atoms with Crippen molar-refractivity contribution in [3.8, 4) is 0 Å². The van der Waals surface area contributed by atoms with Gasteiger partial charge in [0.25, 0.3) is 0 Å². The molecule has 0 radical (unpaired) electrons. The predicted molar refractivity (Wildman–Crippen MR) is 45.8 cm³/mol. The van der Waals surface area contributed by atoms with Gasteiger partial charge in [-0.3, -0.25) is 4.79 Å². The number of aliphatic carboxylic acids is 1. The van der Waals surface area contributed by atoms with E-state index in [1.54, 1.807) is 6.92 Å². The minimum atomic E-state index is -0.756. The van der Waals surface area contributed by atoms with Gasteiger partial charge < -0.3 is 10.9 Å². The monoisotopic (exact) mass is 170 g/mol. The fourth-order valence-corrected chi connectivity index (χ4v) is 1.78. The second-order valence-electron chi connectivity index (χ2n) is 3.77. The molecule has 0 saturated heterocycles. The average Bonchev–Trinajstić information content (AvgIpc) is 2.27. The fraction of sp³-hybridized carbons (Fsp3) is 0.750. The van der Waals surface area contributed by atoms with E-state index in [0.717, 1.165) is 5.71 Å². The van der Waals surface area contributed by atoms with E-state index in [-0.39, 0.29) is 5.92 Å². The summed E-state index contributed by atoms with van der Waals surface area (Å²) < 4.78 is 0. The minimum Gasteiger partial charge on any atom is -0.481 e. The van der Waals surface area contributed by atoms with Crippen LogP contribution >= 0.6 is 0 Å². The zero-order valence-electron chi connectivity index (χ0n) is 7.37. The Hall–Kier alpha value is -1.06. The van der Waals surface area contributed by atoms with E-state index in [0.29, 0.717) is 12.8 Å². The van der Waals surface area contributed by atoms with Crippen LogP contribution in [0.3, 0.4) is 0 Å². The second-order valence-corrected chi connectivity index (χ2v) is 3.77. The van der Waals surface area contributed by atoms with Gasteiger partial charge in [-0.2, -0.15) is 5.10 Å². The summed E-state index contributed by atoms with van der Waals surface area (Å²) in [5, 5.41) is 12.5. The van der Waals surface area contributed by atoms with Crippen molar-refractivity contribution < 1.29 is 9.90 Å². The maximum absolute atomic E-state index is 10.8. The van der Waals surface area contributed by atoms with Crippen LogP contribution in [0, 0.1) is 11.3 Å². The van der Waals surface area contributed by atoms with Gasteiger partial charge in [0.1, 0.15) is 0 Å². The Morgan fingerprint density at radius 3 is 2.67 bits per heavy atom. The lowest BCUT2D eigenvalue weighted by atomic mass is 9.88. The van der Waals surface area contributed by atoms with E-state index in [2.05, 4.69) is 5.10 Å². The number of rotatable bonds is 1. The van der Waals surface area contributed by atoms with Gasteiger partial charge in [0.2, 0.25) is 0 Å². The van der Waals surface area contributed by atoms with Crippen molar-refractivity contribution in [3.63, 3.8) is 0 Å². The Bertz CT molecular complexity index is 237. The third-order valence-corrected chi connectivity index (χ3v) is 2.58. The summed E-state index contributed by atoms with van der Waals surface area (Å²) in [7, 11) is 0. The molecular formula is C8H14N2O2. The molecule has 0 bridgehead atoms. The predicted octanol–water partition coefficient (Wildman–Crippen LogP) is 0.822. The van der Waals surface area contributed by atoms with Crippen LogP contribution in [-0.4, -0.2) is 16.8 Å². The van der Waals surface area contributed by atoms with Crippen LogP contribution in [0.15, 0.2) is 5.10 Å². The van der Waals surface area contributed by atoms with Crippen LogP contribution < -0.4 is 5.84 Å². The molecule has 3 N–H and O–H groups in total. The smallest absolute Gasteiger partial charge is 0.309 e. The Balaban J connectivity index is 2.84. The summed E-state index contributed by atoms with van der Waals surface area (Å²) in [4.78, 5) is 10.8. The molecule has 0 aromatic rings. The van der Waals surface area contributed by atoms with Crippen LogP contribution in [-0.2, 0) is 4.79 Å². The van der Waals surface area contributed by atoms with Crippen LogP contribution in [0.4, 0.5) is 0 Å². The molecule has 0 heterocycles. The zero-order valence-corrected chi connectivity index (χ0v) is 7.37. The van der Waals surface area contributed by atoms with Crippen LogP contribution in [0.2, 0.25) is 0 Å². The number of hydrogen-bond acceptors (Lipinski definition) is 3. The largest absolute Gasteiger partial charge is 0.481 e. The maximum Gasteiger partial charge on any atom is 0.309 e. The van der Waals surface area contributed by atoms with Gasteiger partial charge in [0.05, 0.1) is 5.41 Å². The van der Waals surface area contributed by atoms with Crippen molar-refractivity contribution in [2.24, 2.45) is 22.3 Å². The molecule has 0 aliphatic heterocycles. The first-order chi connectivity index (χ1) is 5.49. The van der Waals surface area contributed by atoms with Crippen molar-refractivity contribution >= 4 is 11.7 Å². The van der Waals surface area contributed by atoms with Gasteiger partial charge in [-0.05, 0) is 19.3 Å². The van der Waals surface area contributed by atoms with Crippen LogP contribution in [0.1, 0.15) is 26.7 Å². The van der Waals surface area contributed by atoms with Crippen molar-refractivity contribution in [3.05, 3.63) is 0 Å². The highest BCUT2D eigenvalue weighted by molar-refractivity contribution is 5.94. The first kappa shape index (κ1) is 9.03. The number of nitrogens with two attached hydrogens (primary N) is 1. The molecule has 1 rings (SSSR count). The molecule has 1 aliphatic rings. The van der Waals surface area contributed by atoms with E-state index in [1.807, 2.05) is 6.92 Å². The summed E-state index contributed by atoms with van der Waals surface area (Å²) in [5.74, 6) is 4.59. The Kier molecular flexibility index (Phi) is 2.08. The molecule has 0 spiro atoms. The molecule has 4 heteroatoms. The van der Waals surface area contributed by atoms with Crippen molar-refractivity contribution in [2.75, 3.05) is 0 Å². The third-order valence-electron chi connectivity index (χ3n) is 2.58. The van der Waals surface area contributed by atoms with Gasteiger partial charge in [0.15, 0.2) is 0 Å². The molecule has 4 nitrogen and oxygen atoms in total. The summed E-state index contributed by atoms with van der Waals surface area (Å²) in [6.45, 7) is 3.70. The van der Waals surface area contributed by atoms with Crippen molar-refractivity contribution in [1.82, 2.24) is 0 Å². The highest BCUT2D eigenvalue weighted by Gasteiger charge is 2.43. The topological polar surface area (TPSA) is 75.7 Å². The second kappa shape index (κ2) is 2.77. The average molecular weight is 170 g/mol. The molecule has 0 aromatic heterocycles. The van der Waals surface area contributed by atoms with Gasteiger partial charge in [-0.1, -0.05) is 6.92 Å². The molecule has 12 heavy (non-hydrogen) atoms. The van der Waals surface area contributed by atoms with Gasteiger partial charge in [-0.25, -0.2) is 0 Å². The molecule has 1 aliphatic carbocycles. The first-order valence-corrected chi connectivity index (χ1v) is 3.99. The van der Waals surface area contributed by atoms with Gasteiger partial charge in [0, 0.05) is 12.1 Å². The highest BCUT2D eigenvalue weighted by atomic mass is 16.4. The normalized spacial score (nSPS) is 38.8. The Labute approximate surface area is 71.4 Å². The standard InChI is InChI=1S/C8H14N2O2/c1-5-3-8(2,7(11)12)4-6(5)10-9/h5H,3-4,9H2,1-2H3,(H,11,12)/b10-6-/t5-,8+/m0/s1. The summed E-state index contributed by atoms with van der Waals surface area (Å²) in [6, 6.07) is 0. The van der Waals surface area contributed by atoms with E-state index in [9.17, 15) is 4.79 Å². The molecule has 2 atom stereocenters. The number of carboxylic acid groups (broad SMARTS) is 1. The minimum absolute atomic E-state index is 0.205. The van der Waals surface area contributed by atoms with E-state index >= 15 is 0 Å². The summed E-state index contributed by atoms with van der Waals surface area (Å²) in [6.07, 6.45) is 1.12. The molecular weight excluding hydrogens is 156 g/mol. The highest BCUT2D eigenvalue weighted by Crippen LogP contribution is 2.39. The van der Waals surface area contributed by atoms with Crippen molar-refractivity contribution in [2.45, 2.75) is 26.7 Å². The lowest BCUT2D eigenvalue weighted by Gasteiger charge is -2.15. The van der Waals surface area contributed by atoms with Crippen molar-refractivity contribution in [1.29, 1.82) is 0 Å². The van der Waals surface area contributed by atoms with Gasteiger partial charge >= 0.3 is 5.97 Å². The Morgan fingerprint density at radius 1 is 1.83 bits per heavy atom. The number of nitrogens with zero attached hydrogens (tertiary/aromatic N) is 1. The molecule has 1 saturated carbocycles. The molecule has 68 valence electrons. The van der Waals surface area contributed by atoms with E-state index in [1.165, 1.54) is 0 Å². The number of hydrogen-bond donors (Lipinski definition) is 2. The van der Waals surface area contributed by atoms with E-state index < -0.39 is 11.4 Å². The number of carbonyl (C=O) groups is 1. The fourth-order valence-electron chi connectivity index (χ4n) is 1.78. The Morgan fingerprint density at radius 2 is 2.42 bits per heavy atom. The number of carboxylic acids is 1. The first-order valence-electron chi connectivity index (χ1n) is 3.99. The lowest BCUT2D eigenvalue weighted by molar-refractivity contribution is -0.147. The maximum atomic E-state index is 10.8. The lowest BCUT2D eigenvalue weighted by Crippen LogP contribution is -2.24.